The van der Waals surface area contributed by atoms with Crippen LogP contribution in [0.3, 0.4) is 0 Å². The van der Waals surface area contributed by atoms with Crippen LogP contribution in [0.5, 0.6) is 0 Å². The Morgan fingerprint density at radius 1 is 1.67 bits per heavy atom. The van der Waals surface area contributed by atoms with Gasteiger partial charge in [-0.15, -0.1) is 0 Å². The molecule has 1 aromatic rings. The van der Waals surface area contributed by atoms with E-state index in [4.69, 9.17) is 10.8 Å². The van der Waals surface area contributed by atoms with Crippen molar-refractivity contribution in [2.45, 2.75) is 5.92 Å². The van der Waals surface area contributed by atoms with Gasteiger partial charge in [0, 0.05) is 18.4 Å². The van der Waals surface area contributed by atoms with Crippen LogP contribution < -0.4 is 5.73 Å². The molecule has 1 aromatic heterocycles. The number of aliphatic carboxylic acids is 1. The first-order valence-corrected chi connectivity index (χ1v) is 6.03. The van der Waals surface area contributed by atoms with E-state index in [2.05, 4.69) is 0 Å². The number of rotatable bonds is 4. The smallest absolute Gasteiger partial charge is 0.313 e. The fourth-order valence-electron chi connectivity index (χ4n) is 1.30. The molecule has 3 N–H and O–H groups in total. The van der Waals surface area contributed by atoms with Crippen LogP contribution in [0.2, 0.25) is 0 Å². The zero-order valence-corrected chi connectivity index (χ0v) is 8.94. The van der Waals surface area contributed by atoms with Gasteiger partial charge < -0.3 is 10.8 Å². The van der Waals surface area contributed by atoms with Gasteiger partial charge in [-0.1, -0.05) is 0 Å². The van der Waals surface area contributed by atoms with Gasteiger partial charge in [-0.05, 0) is 12.1 Å². The summed E-state index contributed by atoms with van der Waals surface area (Å²) in [5.41, 5.74) is 5.46. The number of carboxylic acids is 1. The van der Waals surface area contributed by atoms with Gasteiger partial charge in [-0.2, -0.15) is 0 Å². The van der Waals surface area contributed by atoms with Gasteiger partial charge in [0.15, 0.2) is 0 Å². The van der Waals surface area contributed by atoms with Gasteiger partial charge in [0.05, 0.1) is 6.26 Å². The predicted octanol–water partition coefficient (Wildman–Crippen LogP) is -0.577. The molecule has 0 bridgehead atoms. The molecular weight excluding hydrogens is 220 g/mol. The minimum Gasteiger partial charge on any atom is -0.481 e. The first kappa shape index (κ1) is 11.7. The summed E-state index contributed by atoms with van der Waals surface area (Å²) in [6.07, 6.45) is 2.31. The summed E-state index contributed by atoms with van der Waals surface area (Å²) in [6, 6.07) is 2.91. The van der Waals surface area contributed by atoms with E-state index in [0.29, 0.717) is 0 Å². The lowest BCUT2D eigenvalue weighted by Gasteiger charge is -2.12. The molecule has 0 aliphatic rings. The van der Waals surface area contributed by atoms with Crippen LogP contribution in [-0.2, 0) is 14.8 Å². The number of carbonyl (C=O) groups is 1. The maximum absolute atomic E-state index is 11.3. The van der Waals surface area contributed by atoms with E-state index in [-0.39, 0.29) is 12.2 Å². The largest absolute Gasteiger partial charge is 0.481 e. The summed E-state index contributed by atoms with van der Waals surface area (Å²) in [4.78, 5) is 10.8. The average molecular weight is 232 g/mol. The molecule has 0 fully saturated rings. The molecule has 0 amide bonds. The Bertz CT molecular complexity index is 463. The highest BCUT2D eigenvalue weighted by molar-refractivity contribution is 7.89. The molecule has 7 heteroatoms. The summed E-state index contributed by atoms with van der Waals surface area (Å²) in [6.45, 7) is -0.144. The Hall–Kier alpha value is -1.34. The van der Waals surface area contributed by atoms with E-state index >= 15 is 0 Å². The second-order valence-corrected chi connectivity index (χ2v) is 4.98. The monoisotopic (exact) mass is 232 g/mol. The Morgan fingerprint density at radius 2 is 2.27 bits per heavy atom. The molecule has 0 saturated heterocycles. The third-order valence-corrected chi connectivity index (χ3v) is 3.04. The molecule has 0 aliphatic heterocycles. The van der Waals surface area contributed by atoms with Crippen molar-refractivity contribution in [1.82, 2.24) is 3.97 Å². The van der Waals surface area contributed by atoms with E-state index in [9.17, 15) is 13.2 Å². The molecule has 0 aliphatic carbocycles. The Balaban J connectivity index is 3.26. The second-order valence-electron chi connectivity index (χ2n) is 3.12. The number of hydrogen-bond acceptors (Lipinski definition) is 4. The number of hydrogen-bond donors (Lipinski definition) is 2. The third-order valence-electron chi connectivity index (χ3n) is 1.99. The summed E-state index contributed by atoms with van der Waals surface area (Å²) >= 11 is 0. The van der Waals surface area contributed by atoms with Crippen molar-refractivity contribution < 1.29 is 18.3 Å². The van der Waals surface area contributed by atoms with Crippen molar-refractivity contribution in [1.29, 1.82) is 0 Å². The van der Waals surface area contributed by atoms with Crippen molar-refractivity contribution in [3.8, 4) is 0 Å². The highest BCUT2D eigenvalue weighted by Gasteiger charge is 2.23. The fourth-order valence-corrected chi connectivity index (χ4v) is 2.16. The highest BCUT2D eigenvalue weighted by atomic mass is 32.2. The maximum atomic E-state index is 11.3. The summed E-state index contributed by atoms with van der Waals surface area (Å²) < 4.78 is 23.5. The molecule has 0 aromatic carbocycles. The molecule has 1 atom stereocenters. The van der Waals surface area contributed by atoms with Crippen LogP contribution in [0.4, 0.5) is 0 Å². The number of aromatic nitrogens is 1. The SMILES string of the molecule is CS(=O)(=O)n1cccc1C(CN)C(=O)O. The lowest BCUT2D eigenvalue weighted by Crippen LogP contribution is -2.25. The van der Waals surface area contributed by atoms with E-state index in [1.165, 1.54) is 18.3 Å². The van der Waals surface area contributed by atoms with Crippen LogP contribution in [0.25, 0.3) is 0 Å². The summed E-state index contributed by atoms with van der Waals surface area (Å²) in [5.74, 6) is -2.14. The van der Waals surface area contributed by atoms with Crippen molar-refractivity contribution in [2.24, 2.45) is 5.73 Å². The lowest BCUT2D eigenvalue weighted by atomic mass is 10.1. The molecule has 6 nitrogen and oxygen atoms in total. The Kier molecular flexibility index (Phi) is 3.15. The highest BCUT2D eigenvalue weighted by Crippen LogP contribution is 2.17. The molecule has 1 unspecified atom stereocenters. The lowest BCUT2D eigenvalue weighted by molar-refractivity contribution is -0.138. The van der Waals surface area contributed by atoms with Crippen LogP contribution in [0.15, 0.2) is 18.3 Å². The summed E-state index contributed by atoms with van der Waals surface area (Å²) in [7, 11) is -3.48. The molecule has 15 heavy (non-hydrogen) atoms. The zero-order valence-electron chi connectivity index (χ0n) is 8.12. The van der Waals surface area contributed by atoms with Crippen molar-refractivity contribution >= 4 is 16.0 Å². The van der Waals surface area contributed by atoms with Crippen LogP contribution in [0.1, 0.15) is 11.6 Å². The third kappa shape index (κ3) is 2.37. The van der Waals surface area contributed by atoms with Gasteiger partial charge in [-0.25, -0.2) is 12.4 Å². The number of carboxylic acid groups (broad SMARTS) is 1. The quantitative estimate of drug-likeness (QED) is 0.723. The minimum atomic E-state index is -3.48. The summed E-state index contributed by atoms with van der Waals surface area (Å²) in [5, 5.41) is 8.85. The predicted molar refractivity (Wildman–Crippen MR) is 54.1 cm³/mol. The van der Waals surface area contributed by atoms with E-state index in [0.717, 1.165) is 10.2 Å². The second kappa shape index (κ2) is 4.03. The van der Waals surface area contributed by atoms with Crippen molar-refractivity contribution in [2.75, 3.05) is 12.8 Å². The zero-order chi connectivity index (χ0) is 11.6. The van der Waals surface area contributed by atoms with Gasteiger partial charge in [0.1, 0.15) is 5.92 Å². The first-order valence-electron chi connectivity index (χ1n) is 4.18. The normalized spacial score (nSPS) is 13.7. The van der Waals surface area contributed by atoms with E-state index in [1.54, 1.807) is 0 Å². The van der Waals surface area contributed by atoms with Gasteiger partial charge in [0.2, 0.25) is 10.0 Å². The molecule has 1 heterocycles. The first-order chi connectivity index (χ1) is 6.88. The molecule has 0 radical (unpaired) electrons. The topological polar surface area (TPSA) is 102 Å². The molecular formula is C8H12N2O4S. The van der Waals surface area contributed by atoms with Gasteiger partial charge >= 0.3 is 5.97 Å². The van der Waals surface area contributed by atoms with Crippen LogP contribution in [-0.4, -0.2) is 36.3 Å². The van der Waals surface area contributed by atoms with Gasteiger partial charge in [0.25, 0.3) is 0 Å². The number of nitrogens with zero attached hydrogens (tertiary/aromatic N) is 1. The van der Waals surface area contributed by atoms with Crippen molar-refractivity contribution in [3.05, 3.63) is 24.0 Å². The molecule has 1 rings (SSSR count). The van der Waals surface area contributed by atoms with Gasteiger partial charge in [-0.3, -0.25) is 4.79 Å². The van der Waals surface area contributed by atoms with Crippen molar-refractivity contribution in [3.63, 3.8) is 0 Å². The molecule has 84 valence electrons. The van der Waals surface area contributed by atoms with Crippen LogP contribution in [0, 0.1) is 0 Å². The minimum absolute atomic E-state index is 0.144. The average Bonchev–Trinajstić information content (AvgIpc) is 2.52. The molecule has 0 saturated carbocycles. The maximum Gasteiger partial charge on any atom is 0.313 e. The van der Waals surface area contributed by atoms with E-state index < -0.39 is 21.9 Å². The Morgan fingerprint density at radius 3 is 2.67 bits per heavy atom. The van der Waals surface area contributed by atoms with E-state index in [1.807, 2.05) is 0 Å². The standard InChI is InChI=1S/C8H12N2O4S/c1-15(13,14)10-4-2-3-7(10)6(5-9)8(11)12/h2-4,6H,5,9H2,1H3,(H,11,12). The Labute approximate surface area is 87.4 Å². The fraction of sp³-hybridized carbons (Fsp3) is 0.375. The number of nitrogens with two attached hydrogens (primary N) is 1. The van der Waals surface area contributed by atoms with Crippen LogP contribution >= 0.6 is 0 Å². The molecule has 0 spiro atoms.